The molecule has 0 fully saturated rings. The number of hydrogen-bond acceptors (Lipinski definition) is 5. The SMILES string of the molecule is COc1ccc(-n2nc(C)c3c2NC(=O)[C@@H](C)S[C@@H]3c2ccc(C(=O)O)cc2)cc1. The number of rotatable bonds is 4. The van der Waals surface area contributed by atoms with E-state index in [0.717, 1.165) is 28.3 Å². The van der Waals surface area contributed by atoms with Crippen molar-refractivity contribution in [1.82, 2.24) is 9.78 Å². The Morgan fingerprint density at radius 3 is 2.43 bits per heavy atom. The zero-order chi connectivity index (χ0) is 21.4. The highest BCUT2D eigenvalue weighted by Gasteiger charge is 2.34. The number of thioether (sulfide) groups is 1. The van der Waals surface area contributed by atoms with E-state index in [1.807, 2.05) is 38.1 Å². The Hall–Kier alpha value is -3.26. The minimum absolute atomic E-state index is 0.0967. The second-order valence-corrected chi connectivity index (χ2v) is 8.48. The van der Waals surface area contributed by atoms with Gasteiger partial charge in [0.15, 0.2) is 0 Å². The zero-order valence-electron chi connectivity index (χ0n) is 16.7. The zero-order valence-corrected chi connectivity index (χ0v) is 17.6. The van der Waals surface area contributed by atoms with Crippen LogP contribution in [0.4, 0.5) is 5.82 Å². The Kier molecular flexibility index (Phi) is 5.26. The number of hydrogen-bond donors (Lipinski definition) is 2. The summed E-state index contributed by atoms with van der Waals surface area (Å²) in [5, 5.41) is 16.5. The van der Waals surface area contributed by atoms with Crippen LogP contribution in [0.5, 0.6) is 5.75 Å². The van der Waals surface area contributed by atoms with E-state index in [1.165, 1.54) is 11.8 Å². The molecule has 30 heavy (non-hydrogen) atoms. The van der Waals surface area contributed by atoms with Gasteiger partial charge in [-0.25, -0.2) is 9.48 Å². The lowest BCUT2D eigenvalue weighted by Crippen LogP contribution is -2.22. The van der Waals surface area contributed by atoms with E-state index in [0.29, 0.717) is 5.82 Å². The molecule has 0 saturated heterocycles. The summed E-state index contributed by atoms with van der Waals surface area (Å²) in [6.07, 6.45) is 0. The maximum absolute atomic E-state index is 12.7. The van der Waals surface area contributed by atoms with Crippen molar-refractivity contribution in [3.05, 3.63) is 70.9 Å². The van der Waals surface area contributed by atoms with Crippen LogP contribution in [0.1, 0.15) is 39.4 Å². The van der Waals surface area contributed by atoms with Gasteiger partial charge in [-0.15, -0.1) is 11.8 Å². The molecule has 2 heterocycles. The van der Waals surface area contributed by atoms with Gasteiger partial charge in [-0.1, -0.05) is 12.1 Å². The topological polar surface area (TPSA) is 93.5 Å². The van der Waals surface area contributed by atoms with E-state index in [9.17, 15) is 14.7 Å². The van der Waals surface area contributed by atoms with Crippen molar-refractivity contribution in [2.45, 2.75) is 24.3 Å². The molecule has 1 amide bonds. The van der Waals surface area contributed by atoms with E-state index in [4.69, 9.17) is 9.84 Å². The van der Waals surface area contributed by atoms with Crippen molar-refractivity contribution < 1.29 is 19.4 Å². The molecule has 4 rings (SSSR count). The van der Waals surface area contributed by atoms with Gasteiger partial charge in [0.2, 0.25) is 5.91 Å². The number of carbonyl (C=O) groups is 2. The average Bonchev–Trinajstić information content (AvgIpc) is 3.00. The fourth-order valence-electron chi connectivity index (χ4n) is 3.48. The second-order valence-electron chi connectivity index (χ2n) is 7.03. The van der Waals surface area contributed by atoms with Gasteiger partial charge < -0.3 is 15.2 Å². The first-order chi connectivity index (χ1) is 14.4. The first-order valence-electron chi connectivity index (χ1n) is 9.42. The summed E-state index contributed by atoms with van der Waals surface area (Å²) in [5.74, 6) is 0.301. The molecule has 0 unspecified atom stereocenters. The third-order valence-electron chi connectivity index (χ3n) is 5.10. The van der Waals surface area contributed by atoms with Crippen LogP contribution in [0, 0.1) is 6.92 Å². The summed E-state index contributed by atoms with van der Waals surface area (Å²) >= 11 is 1.52. The molecule has 0 saturated carbocycles. The van der Waals surface area contributed by atoms with E-state index in [-0.39, 0.29) is 22.0 Å². The summed E-state index contributed by atoms with van der Waals surface area (Å²) in [7, 11) is 1.61. The highest BCUT2D eigenvalue weighted by molar-refractivity contribution is 8.01. The first kappa shape index (κ1) is 20.0. The van der Waals surface area contributed by atoms with Crippen molar-refractivity contribution in [3.8, 4) is 11.4 Å². The maximum Gasteiger partial charge on any atom is 0.335 e. The Labute approximate surface area is 178 Å². The Bertz CT molecular complexity index is 1110. The number of anilines is 1. The molecule has 1 aliphatic rings. The molecule has 1 aliphatic heterocycles. The molecule has 0 radical (unpaired) electrons. The van der Waals surface area contributed by atoms with E-state index in [1.54, 1.807) is 36.1 Å². The predicted molar refractivity (Wildman–Crippen MR) is 116 cm³/mol. The summed E-state index contributed by atoms with van der Waals surface area (Å²) in [5.41, 5.74) is 3.67. The molecule has 8 heteroatoms. The maximum atomic E-state index is 12.7. The van der Waals surface area contributed by atoms with E-state index in [2.05, 4.69) is 5.32 Å². The molecule has 2 N–H and O–H groups in total. The highest BCUT2D eigenvalue weighted by Crippen LogP contribution is 2.46. The number of methoxy groups -OCH3 is 1. The number of aromatic carboxylic acids is 1. The Balaban J connectivity index is 1.84. The van der Waals surface area contributed by atoms with Crippen LogP contribution in [-0.2, 0) is 4.79 Å². The fraction of sp³-hybridized carbons (Fsp3) is 0.227. The monoisotopic (exact) mass is 423 g/mol. The van der Waals surface area contributed by atoms with Gasteiger partial charge in [-0.05, 0) is 55.8 Å². The van der Waals surface area contributed by atoms with Gasteiger partial charge in [-0.2, -0.15) is 5.10 Å². The van der Waals surface area contributed by atoms with Crippen molar-refractivity contribution >= 4 is 29.5 Å². The van der Waals surface area contributed by atoms with Crippen LogP contribution in [0.15, 0.2) is 48.5 Å². The summed E-state index contributed by atoms with van der Waals surface area (Å²) in [6, 6.07) is 14.2. The summed E-state index contributed by atoms with van der Waals surface area (Å²) < 4.78 is 6.97. The van der Waals surface area contributed by atoms with Crippen LogP contribution >= 0.6 is 11.8 Å². The lowest BCUT2D eigenvalue weighted by atomic mass is 10.0. The first-order valence-corrected chi connectivity index (χ1v) is 10.4. The van der Waals surface area contributed by atoms with Crippen LogP contribution < -0.4 is 10.1 Å². The summed E-state index contributed by atoms with van der Waals surface area (Å²) in [4.78, 5) is 23.9. The largest absolute Gasteiger partial charge is 0.497 e. The third kappa shape index (κ3) is 3.54. The lowest BCUT2D eigenvalue weighted by Gasteiger charge is -2.17. The van der Waals surface area contributed by atoms with E-state index < -0.39 is 5.97 Å². The predicted octanol–water partition coefficient (Wildman–Crippen LogP) is 4.05. The van der Waals surface area contributed by atoms with Gasteiger partial charge in [0.25, 0.3) is 0 Å². The van der Waals surface area contributed by atoms with Crippen LogP contribution in [0.2, 0.25) is 0 Å². The number of carbonyl (C=O) groups excluding carboxylic acids is 1. The van der Waals surface area contributed by atoms with Gasteiger partial charge in [0.05, 0.1) is 34.6 Å². The van der Waals surface area contributed by atoms with Crippen molar-refractivity contribution in [3.63, 3.8) is 0 Å². The number of carboxylic acids is 1. The molecule has 154 valence electrons. The molecule has 2 aromatic carbocycles. The highest BCUT2D eigenvalue weighted by atomic mass is 32.2. The molecule has 1 aromatic heterocycles. The van der Waals surface area contributed by atoms with Gasteiger partial charge in [-0.3, -0.25) is 4.79 Å². The van der Waals surface area contributed by atoms with Crippen LogP contribution in [0.3, 0.4) is 0 Å². The van der Waals surface area contributed by atoms with Crippen LogP contribution in [-0.4, -0.2) is 39.1 Å². The molecule has 0 bridgehead atoms. The smallest absolute Gasteiger partial charge is 0.335 e. The molecule has 7 nitrogen and oxygen atoms in total. The number of nitrogens with zero attached hydrogens (tertiary/aromatic N) is 2. The quantitative estimate of drug-likeness (QED) is 0.658. The van der Waals surface area contributed by atoms with Gasteiger partial charge in [0, 0.05) is 5.56 Å². The molecular weight excluding hydrogens is 402 g/mol. The lowest BCUT2D eigenvalue weighted by molar-refractivity contribution is -0.115. The minimum Gasteiger partial charge on any atom is -0.497 e. The number of nitrogens with one attached hydrogen (secondary N) is 1. The number of fused-ring (bicyclic) bond motifs is 1. The van der Waals surface area contributed by atoms with Crippen LogP contribution in [0.25, 0.3) is 5.69 Å². The van der Waals surface area contributed by atoms with E-state index >= 15 is 0 Å². The number of aromatic nitrogens is 2. The number of amides is 1. The van der Waals surface area contributed by atoms with Gasteiger partial charge in [0.1, 0.15) is 11.6 Å². The molecule has 2 atom stereocenters. The molecule has 0 spiro atoms. The molecule has 3 aromatic rings. The fourth-order valence-corrected chi connectivity index (χ4v) is 4.81. The summed E-state index contributed by atoms with van der Waals surface area (Å²) in [6.45, 7) is 3.78. The number of benzene rings is 2. The van der Waals surface area contributed by atoms with Gasteiger partial charge >= 0.3 is 5.97 Å². The number of ether oxygens (including phenoxy) is 1. The number of carboxylic acid groups (broad SMARTS) is 1. The Morgan fingerprint density at radius 1 is 1.17 bits per heavy atom. The normalized spacial score (nSPS) is 18.3. The molecule has 0 aliphatic carbocycles. The average molecular weight is 423 g/mol. The Morgan fingerprint density at radius 2 is 1.83 bits per heavy atom. The standard InChI is InChI=1S/C22H21N3O4S/c1-12-18-19(14-4-6-15(7-5-14)22(27)28)30-13(2)21(26)23-20(18)25(24-12)16-8-10-17(29-3)11-9-16/h4-11,13,19H,1-3H3,(H,23,26)(H,27,28)/t13-,19-/m1/s1. The second kappa shape index (κ2) is 7.87. The number of aryl methyl sites for hydroxylation is 1. The van der Waals surface area contributed by atoms with Crippen molar-refractivity contribution in [2.75, 3.05) is 12.4 Å². The molecular formula is C22H21N3O4S. The third-order valence-corrected chi connectivity index (χ3v) is 6.50. The minimum atomic E-state index is -0.968. The van der Waals surface area contributed by atoms with Crippen molar-refractivity contribution in [2.24, 2.45) is 0 Å². The van der Waals surface area contributed by atoms with Crippen molar-refractivity contribution in [1.29, 1.82) is 0 Å².